The number of hydrogen-bond acceptors (Lipinski definition) is 6. The molecule has 0 saturated carbocycles. The maximum atomic E-state index is 13.7. The first-order valence-corrected chi connectivity index (χ1v) is 17.2. The zero-order chi connectivity index (χ0) is 30.9. The lowest BCUT2D eigenvalue weighted by atomic mass is 9.89. The molecule has 2 aliphatic rings. The quantitative estimate of drug-likeness (QED) is 0.326. The Balaban J connectivity index is 1.73. The second-order valence-electron chi connectivity index (χ2n) is 13.8. The molecule has 7 nitrogen and oxygen atoms in total. The fraction of sp³-hybridized carbons (Fsp3) is 0.588. The minimum atomic E-state index is -2.93. The summed E-state index contributed by atoms with van der Waals surface area (Å²) in [5.41, 5.74) is 0. The first kappa shape index (κ1) is 32.4. The number of cyclic esters (lactones) is 1. The van der Waals surface area contributed by atoms with Gasteiger partial charge >= 0.3 is 6.09 Å². The van der Waals surface area contributed by atoms with Crippen LogP contribution < -0.4 is 10.4 Å². The van der Waals surface area contributed by atoms with Crippen LogP contribution in [0.15, 0.2) is 60.7 Å². The molecule has 0 unspecified atom stereocenters. The van der Waals surface area contributed by atoms with Gasteiger partial charge in [-0.1, -0.05) is 109 Å². The van der Waals surface area contributed by atoms with Crippen molar-refractivity contribution in [2.24, 2.45) is 17.8 Å². The number of rotatable bonds is 10. The van der Waals surface area contributed by atoms with E-state index in [9.17, 15) is 9.59 Å². The van der Waals surface area contributed by atoms with Crippen molar-refractivity contribution < 1.29 is 28.2 Å². The van der Waals surface area contributed by atoms with Crippen molar-refractivity contribution in [3.63, 3.8) is 0 Å². The average molecular weight is 596 g/mol. The second-order valence-corrected chi connectivity index (χ2v) is 18.1. The highest BCUT2D eigenvalue weighted by Crippen LogP contribution is 2.41. The van der Waals surface area contributed by atoms with Gasteiger partial charge in [-0.2, -0.15) is 0 Å². The molecule has 2 aromatic rings. The second kappa shape index (κ2) is 12.6. The largest absolute Gasteiger partial charge is 0.447 e. The molecule has 0 aromatic heterocycles. The summed E-state index contributed by atoms with van der Waals surface area (Å²) in [5, 5.41) is 2.14. The van der Waals surface area contributed by atoms with Gasteiger partial charge in [0.05, 0.1) is 18.8 Å². The lowest BCUT2D eigenvalue weighted by molar-refractivity contribution is -0.154. The molecule has 2 amide bonds. The molecule has 0 spiro atoms. The van der Waals surface area contributed by atoms with Crippen LogP contribution in [0.5, 0.6) is 0 Å². The van der Waals surface area contributed by atoms with Gasteiger partial charge in [0.2, 0.25) is 5.91 Å². The lowest BCUT2D eigenvalue weighted by Crippen LogP contribution is -2.69. The van der Waals surface area contributed by atoms with Crippen LogP contribution in [0.2, 0.25) is 5.04 Å². The van der Waals surface area contributed by atoms with E-state index >= 15 is 0 Å². The van der Waals surface area contributed by atoms with Crippen molar-refractivity contribution in [1.29, 1.82) is 0 Å². The van der Waals surface area contributed by atoms with Gasteiger partial charge in [0.1, 0.15) is 12.7 Å². The molecule has 230 valence electrons. The highest BCUT2D eigenvalue weighted by atomic mass is 28.4. The molecule has 0 aliphatic carbocycles. The van der Waals surface area contributed by atoms with Crippen molar-refractivity contribution in [3.8, 4) is 0 Å². The Bertz CT molecular complexity index is 1170. The maximum absolute atomic E-state index is 13.7. The van der Waals surface area contributed by atoms with Gasteiger partial charge in [0.25, 0.3) is 8.32 Å². The van der Waals surface area contributed by atoms with Crippen molar-refractivity contribution >= 4 is 30.7 Å². The van der Waals surface area contributed by atoms with Crippen molar-refractivity contribution in [3.05, 3.63) is 60.7 Å². The molecule has 0 bridgehead atoms. The summed E-state index contributed by atoms with van der Waals surface area (Å²) in [6.07, 6.45) is -0.706. The van der Waals surface area contributed by atoms with E-state index in [0.717, 1.165) is 0 Å². The number of nitrogens with zero attached hydrogens (tertiary/aromatic N) is 1. The van der Waals surface area contributed by atoms with E-state index in [0.29, 0.717) is 13.0 Å². The molecular weight excluding hydrogens is 546 g/mol. The molecule has 42 heavy (non-hydrogen) atoms. The maximum Gasteiger partial charge on any atom is 0.416 e. The molecule has 4 rings (SSSR count). The molecule has 8 heteroatoms. The van der Waals surface area contributed by atoms with E-state index in [1.807, 2.05) is 46.8 Å². The summed E-state index contributed by atoms with van der Waals surface area (Å²) in [7, 11) is -2.93. The van der Waals surface area contributed by atoms with E-state index in [-0.39, 0.29) is 47.6 Å². The molecule has 2 aromatic carbocycles. The van der Waals surface area contributed by atoms with Crippen LogP contribution in [0.25, 0.3) is 0 Å². The minimum Gasteiger partial charge on any atom is -0.447 e. The molecule has 5 atom stereocenters. The van der Waals surface area contributed by atoms with Gasteiger partial charge in [-0.25, -0.2) is 9.69 Å². The molecule has 2 aliphatic heterocycles. The molecule has 0 N–H and O–H groups in total. The molecule has 2 saturated heterocycles. The standard InChI is InChI=1S/C34H49NO6Si/c1-23(2)28-21-38-32(37)35(28)31(36)25(4)20-24(3)30(29-22-39-34(8,9)40-29)41-42(33(5,6)7,26-16-12-10-13-17-26)27-18-14-11-15-19-27/h10-19,23-25,28-30H,20-22H2,1-9H3/t24-,25-,28+,29+,30-/m0/s1. The summed E-state index contributed by atoms with van der Waals surface area (Å²) in [6, 6.07) is 20.8. The normalized spacial score (nSPS) is 23.1. The monoisotopic (exact) mass is 595 g/mol. The Hall–Kier alpha value is -2.52. The molecule has 0 radical (unpaired) electrons. The van der Waals surface area contributed by atoms with Crippen LogP contribution in [-0.2, 0) is 23.4 Å². The third-order valence-corrected chi connectivity index (χ3v) is 13.8. The minimum absolute atomic E-state index is 0.0794. The lowest BCUT2D eigenvalue weighted by Gasteiger charge is -2.47. The fourth-order valence-corrected chi connectivity index (χ4v) is 11.3. The summed E-state index contributed by atoms with van der Waals surface area (Å²) >= 11 is 0. The van der Waals surface area contributed by atoms with Gasteiger partial charge < -0.3 is 18.6 Å². The van der Waals surface area contributed by atoms with Crippen molar-refractivity contribution in [2.45, 2.75) is 97.8 Å². The van der Waals surface area contributed by atoms with E-state index in [2.05, 4.69) is 76.2 Å². The highest BCUT2D eigenvalue weighted by molar-refractivity contribution is 6.99. The zero-order valence-corrected chi connectivity index (χ0v) is 27.8. The predicted molar refractivity (Wildman–Crippen MR) is 167 cm³/mol. The summed E-state index contributed by atoms with van der Waals surface area (Å²) < 4.78 is 25.4. The van der Waals surface area contributed by atoms with Gasteiger partial charge in [-0.05, 0) is 47.5 Å². The summed E-state index contributed by atoms with van der Waals surface area (Å²) in [5.74, 6) is -1.31. The first-order chi connectivity index (χ1) is 19.7. The van der Waals surface area contributed by atoms with Crippen LogP contribution in [0.3, 0.4) is 0 Å². The Labute approximate surface area is 253 Å². The predicted octanol–water partition coefficient (Wildman–Crippen LogP) is 5.75. The van der Waals surface area contributed by atoms with Gasteiger partial charge in [0.15, 0.2) is 5.79 Å². The summed E-state index contributed by atoms with van der Waals surface area (Å²) in [4.78, 5) is 27.6. The SMILES string of the molecule is CC(C)[C@H]1COC(=O)N1C(=O)[C@@H](C)C[C@H](C)[C@H](O[Si](c1ccccc1)(c1ccccc1)C(C)(C)C)[C@H]1COC(C)(C)O1. The van der Waals surface area contributed by atoms with Crippen molar-refractivity contribution in [1.82, 2.24) is 4.90 Å². The number of benzene rings is 2. The average Bonchev–Trinajstić information content (AvgIpc) is 3.50. The number of carbonyl (C=O) groups is 2. The number of ether oxygens (including phenoxy) is 3. The van der Waals surface area contributed by atoms with Gasteiger partial charge in [-0.3, -0.25) is 4.79 Å². The fourth-order valence-electron chi connectivity index (χ4n) is 6.54. The van der Waals surface area contributed by atoms with Crippen LogP contribution in [0, 0.1) is 17.8 Å². The third kappa shape index (κ3) is 6.52. The van der Waals surface area contributed by atoms with Crippen LogP contribution in [-0.4, -0.2) is 62.5 Å². The first-order valence-electron chi connectivity index (χ1n) is 15.3. The molecular formula is C34H49NO6Si. The van der Waals surface area contributed by atoms with E-state index in [1.54, 1.807) is 0 Å². The number of hydrogen-bond donors (Lipinski definition) is 0. The Morgan fingerprint density at radius 2 is 1.52 bits per heavy atom. The zero-order valence-electron chi connectivity index (χ0n) is 26.8. The van der Waals surface area contributed by atoms with Crippen LogP contribution >= 0.6 is 0 Å². The van der Waals surface area contributed by atoms with Gasteiger partial charge in [0, 0.05) is 5.92 Å². The van der Waals surface area contributed by atoms with Crippen LogP contribution in [0.1, 0.15) is 68.7 Å². The van der Waals surface area contributed by atoms with E-state index in [1.165, 1.54) is 15.3 Å². The number of carbonyl (C=O) groups excluding carboxylic acids is 2. The van der Waals surface area contributed by atoms with Gasteiger partial charge in [-0.15, -0.1) is 0 Å². The molecule has 2 heterocycles. The number of imide groups is 1. The van der Waals surface area contributed by atoms with Crippen molar-refractivity contribution in [2.75, 3.05) is 13.2 Å². The Morgan fingerprint density at radius 1 is 0.976 bits per heavy atom. The Morgan fingerprint density at radius 3 is 1.98 bits per heavy atom. The van der Waals surface area contributed by atoms with E-state index < -0.39 is 26.1 Å². The number of amides is 2. The highest BCUT2D eigenvalue weighted by Gasteiger charge is 2.54. The Kier molecular flexibility index (Phi) is 9.72. The third-order valence-electron chi connectivity index (χ3n) is 8.75. The van der Waals surface area contributed by atoms with Crippen LogP contribution in [0.4, 0.5) is 4.79 Å². The van der Waals surface area contributed by atoms with E-state index in [4.69, 9.17) is 18.6 Å². The smallest absolute Gasteiger partial charge is 0.416 e. The summed E-state index contributed by atoms with van der Waals surface area (Å²) in [6.45, 7) is 19.3. The topological polar surface area (TPSA) is 74.3 Å². The molecule has 2 fully saturated rings.